The molecule has 70 valence electrons. The van der Waals surface area contributed by atoms with E-state index in [-0.39, 0.29) is 11.0 Å². The molecule has 0 aliphatic carbocycles. The predicted octanol–water partition coefficient (Wildman–Crippen LogP) is 0.0301. The van der Waals surface area contributed by atoms with Crippen LogP contribution in [0.3, 0.4) is 0 Å². The maximum Gasteiger partial charge on any atom is 0.251 e. The van der Waals surface area contributed by atoms with Gasteiger partial charge in [-0.1, -0.05) is 0 Å². The molecule has 1 heterocycles. The van der Waals surface area contributed by atoms with Gasteiger partial charge in [0.2, 0.25) is 0 Å². The molecule has 2 unspecified atom stereocenters. The number of nitro groups is 1. The molecule has 0 spiro atoms. The molecule has 5 nitrogen and oxygen atoms in total. The van der Waals surface area contributed by atoms with Crippen molar-refractivity contribution in [2.75, 3.05) is 19.7 Å². The van der Waals surface area contributed by atoms with Crippen LogP contribution in [0, 0.1) is 10.1 Å². The number of nitrogens with zero attached hydrogens (tertiary/aromatic N) is 1. The number of rotatable bonds is 3. The molecular weight excluding hydrogens is 160 g/mol. The van der Waals surface area contributed by atoms with Gasteiger partial charge in [-0.2, -0.15) is 0 Å². The molecule has 2 atom stereocenters. The van der Waals surface area contributed by atoms with Crippen LogP contribution in [0.25, 0.3) is 0 Å². The minimum atomic E-state index is -0.571. The Balaban J connectivity index is 2.48. The number of ether oxygens (including phenoxy) is 1. The largest absolute Gasteiger partial charge is 0.371 e. The Kier molecular flexibility index (Phi) is 3.43. The smallest absolute Gasteiger partial charge is 0.251 e. The van der Waals surface area contributed by atoms with Crippen molar-refractivity contribution in [1.29, 1.82) is 0 Å². The van der Waals surface area contributed by atoms with E-state index in [1.165, 1.54) is 0 Å². The summed E-state index contributed by atoms with van der Waals surface area (Å²) in [6.07, 6.45) is 0.533. The molecule has 1 fully saturated rings. The fraction of sp³-hybridized carbons (Fsp3) is 1.00. The van der Waals surface area contributed by atoms with Crippen molar-refractivity contribution < 1.29 is 9.66 Å². The molecule has 0 radical (unpaired) electrons. The standard InChI is InChI=1S/C7H14N2O3/c1-2-12-7-3-4-8-5-6(7)9(10)11/h6-8H,2-5H2,1H3. The van der Waals surface area contributed by atoms with Crippen LogP contribution in [0.2, 0.25) is 0 Å². The van der Waals surface area contributed by atoms with Gasteiger partial charge in [0, 0.05) is 11.5 Å². The van der Waals surface area contributed by atoms with Gasteiger partial charge in [0.25, 0.3) is 6.04 Å². The lowest BCUT2D eigenvalue weighted by molar-refractivity contribution is -0.535. The van der Waals surface area contributed by atoms with Gasteiger partial charge in [-0.3, -0.25) is 10.1 Å². The monoisotopic (exact) mass is 174 g/mol. The Hall–Kier alpha value is -0.680. The van der Waals surface area contributed by atoms with Gasteiger partial charge in [-0.15, -0.1) is 0 Å². The molecule has 0 aromatic heterocycles. The maximum absolute atomic E-state index is 10.5. The van der Waals surface area contributed by atoms with E-state index in [4.69, 9.17) is 4.74 Å². The predicted molar refractivity (Wildman–Crippen MR) is 43.7 cm³/mol. The Morgan fingerprint density at radius 1 is 1.75 bits per heavy atom. The zero-order valence-electron chi connectivity index (χ0n) is 7.16. The second-order valence-electron chi connectivity index (χ2n) is 2.84. The second kappa shape index (κ2) is 4.37. The first-order valence-electron chi connectivity index (χ1n) is 4.21. The van der Waals surface area contributed by atoms with Crippen LogP contribution >= 0.6 is 0 Å². The highest BCUT2D eigenvalue weighted by molar-refractivity contribution is 4.78. The molecule has 0 amide bonds. The molecule has 0 bridgehead atoms. The number of piperidine rings is 1. The highest BCUT2D eigenvalue weighted by Crippen LogP contribution is 2.10. The van der Waals surface area contributed by atoms with Crippen LogP contribution in [-0.2, 0) is 4.74 Å². The van der Waals surface area contributed by atoms with Crippen LogP contribution in [0.1, 0.15) is 13.3 Å². The third-order valence-corrected chi connectivity index (χ3v) is 2.04. The number of hydrogen-bond donors (Lipinski definition) is 1. The molecule has 1 aliphatic heterocycles. The SMILES string of the molecule is CCOC1CCNCC1[N+](=O)[O-]. The molecule has 1 saturated heterocycles. The van der Waals surface area contributed by atoms with Crippen LogP contribution in [0.4, 0.5) is 0 Å². The van der Waals surface area contributed by atoms with Crippen LogP contribution in [0.15, 0.2) is 0 Å². The summed E-state index contributed by atoms with van der Waals surface area (Å²) < 4.78 is 5.28. The lowest BCUT2D eigenvalue weighted by atomic mass is 10.0. The third kappa shape index (κ3) is 2.15. The summed E-state index contributed by atoms with van der Waals surface area (Å²) in [4.78, 5) is 10.3. The van der Waals surface area contributed by atoms with Crippen molar-refractivity contribution in [3.63, 3.8) is 0 Å². The molecule has 1 rings (SSSR count). The summed E-state index contributed by atoms with van der Waals surface area (Å²) in [6.45, 7) is 3.65. The first kappa shape index (κ1) is 9.41. The summed E-state index contributed by atoms with van der Waals surface area (Å²) in [6, 6.07) is -0.571. The summed E-state index contributed by atoms with van der Waals surface area (Å²) in [5.41, 5.74) is 0. The van der Waals surface area contributed by atoms with E-state index in [1.54, 1.807) is 0 Å². The molecule has 1 N–H and O–H groups in total. The highest BCUT2D eigenvalue weighted by Gasteiger charge is 2.34. The molecule has 0 saturated carbocycles. The van der Waals surface area contributed by atoms with E-state index >= 15 is 0 Å². The minimum Gasteiger partial charge on any atom is -0.371 e. The normalized spacial score (nSPS) is 30.1. The van der Waals surface area contributed by atoms with Gasteiger partial charge in [0.15, 0.2) is 0 Å². The Bertz CT molecular complexity index is 161. The molecule has 1 aliphatic rings. The van der Waals surface area contributed by atoms with Crippen LogP contribution in [0.5, 0.6) is 0 Å². The zero-order chi connectivity index (χ0) is 8.97. The van der Waals surface area contributed by atoms with E-state index in [1.807, 2.05) is 6.92 Å². The van der Waals surface area contributed by atoms with E-state index < -0.39 is 6.04 Å². The highest BCUT2D eigenvalue weighted by atomic mass is 16.6. The second-order valence-corrected chi connectivity index (χ2v) is 2.84. The Morgan fingerprint density at radius 3 is 3.08 bits per heavy atom. The van der Waals surface area contributed by atoms with Crippen molar-refractivity contribution in [3.05, 3.63) is 10.1 Å². The fourth-order valence-electron chi connectivity index (χ4n) is 1.44. The lowest BCUT2D eigenvalue weighted by Crippen LogP contribution is -2.49. The van der Waals surface area contributed by atoms with Crippen molar-refractivity contribution in [2.24, 2.45) is 0 Å². The Labute approximate surface area is 71.2 Å². The maximum atomic E-state index is 10.5. The van der Waals surface area contributed by atoms with E-state index in [0.717, 1.165) is 13.0 Å². The van der Waals surface area contributed by atoms with E-state index in [9.17, 15) is 10.1 Å². The lowest BCUT2D eigenvalue weighted by Gasteiger charge is -2.25. The van der Waals surface area contributed by atoms with Crippen molar-refractivity contribution in [1.82, 2.24) is 5.32 Å². The van der Waals surface area contributed by atoms with Crippen molar-refractivity contribution in [3.8, 4) is 0 Å². The summed E-state index contributed by atoms with van der Waals surface area (Å²) in [5, 5.41) is 13.5. The quantitative estimate of drug-likeness (QED) is 0.484. The Morgan fingerprint density at radius 2 is 2.50 bits per heavy atom. The molecule has 0 aromatic carbocycles. The summed E-state index contributed by atoms with van der Waals surface area (Å²) in [5.74, 6) is 0. The van der Waals surface area contributed by atoms with Crippen LogP contribution < -0.4 is 5.32 Å². The first-order chi connectivity index (χ1) is 5.75. The fourth-order valence-corrected chi connectivity index (χ4v) is 1.44. The molecular formula is C7H14N2O3. The average Bonchev–Trinajstić information content (AvgIpc) is 2.05. The first-order valence-corrected chi connectivity index (χ1v) is 4.21. The third-order valence-electron chi connectivity index (χ3n) is 2.04. The average molecular weight is 174 g/mol. The van der Waals surface area contributed by atoms with Gasteiger partial charge in [-0.05, 0) is 19.9 Å². The van der Waals surface area contributed by atoms with Crippen molar-refractivity contribution >= 4 is 0 Å². The minimum absolute atomic E-state index is 0.203. The zero-order valence-corrected chi connectivity index (χ0v) is 7.16. The van der Waals surface area contributed by atoms with Gasteiger partial charge in [0.1, 0.15) is 6.10 Å². The van der Waals surface area contributed by atoms with E-state index in [2.05, 4.69) is 5.32 Å². The van der Waals surface area contributed by atoms with Crippen molar-refractivity contribution in [2.45, 2.75) is 25.5 Å². The summed E-state index contributed by atoms with van der Waals surface area (Å²) in [7, 11) is 0. The molecule has 0 aromatic rings. The van der Waals surface area contributed by atoms with Gasteiger partial charge in [0.05, 0.1) is 6.54 Å². The number of hydrogen-bond acceptors (Lipinski definition) is 4. The van der Waals surface area contributed by atoms with Gasteiger partial charge in [-0.25, -0.2) is 0 Å². The van der Waals surface area contributed by atoms with Crippen LogP contribution in [-0.4, -0.2) is 36.8 Å². The molecule has 12 heavy (non-hydrogen) atoms. The topological polar surface area (TPSA) is 64.4 Å². The van der Waals surface area contributed by atoms with Gasteiger partial charge < -0.3 is 10.1 Å². The number of nitrogens with one attached hydrogen (secondary N) is 1. The summed E-state index contributed by atoms with van der Waals surface area (Å²) >= 11 is 0. The van der Waals surface area contributed by atoms with E-state index in [0.29, 0.717) is 13.2 Å². The van der Waals surface area contributed by atoms with Gasteiger partial charge >= 0.3 is 0 Å². The molecule has 5 heteroatoms.